The number of carboxylic acids is 1. The third-order valence-electron chi connectivity index (χ3n) is 3.20. The van der Waals surface area contributed by atoms with Crippen molar-refractivity contribution in [3.05, 3.63) is 33.9 Å². The van der Waals surface area contributed by atoms with Crippen LogP contribution in [-0.2, 0) is 4.79 Å². The molecule has 98 valence electrons. The van der Waals surface area contributed by atoms with E-state index in [2.05, 4.69) is 0 Å². The molecule has 0 amide bonds. The topological polar surface area (TPSA) is 107 Å². The van der Waals surface area contributed by atoms with Crippen LogP contribution >= 0.6 is 0 Å². The maximum Gasteiger partial charge on any atom is 0.310 e. The van der Waals surface area contributed by atoms with Crippen molar-refractivity contribution in [1.82, 2.24) is 0 Å². The molecule has 1 aliphatic rings. The number of anilines is 1. The van der Waals surface area contributed by atoms with E-state index in [9.17, 15) is 14.9 Å². The molecule has 0 aliphatic carbocycles. The number of nitro benzene ring substituents is 1. The summed E-state index contributed by atoms with van der Waals surface area (Å²) in [5.41, 5.74) is 0.0464. The largest absolute Gasteiger partial charge is 0.481 e. The highest BCUT2D eigenvalue weighted by Crippen LogP contribution is 2.34. The molecule has 0 saturated carbocycles. The van der Waals surface area contributed by atoms with Crippen LogP contribution in [0.3, 0.4) is 0 Å². The second-order valence-electron chi connectivity index (χ2n) is 4.31. The van der Waals surface area contributed by atoms with Crippen LogP contribution in [0.25, 0.3) is 0 Å². The first-order chi connectivity index (χ1) is 9.04. The average Bonchev–Trinajstić information content (AvgIpc) is 2.87. The number of para-hydroxylation sites is 1. The standard InChI is InChI=1S/C12H11N3O4/c13-6-8-2-1-3-10(11(8)15(18)19)14-5-4-9(7-14)12(16)17/h1-3,9H,4-5,7H2,(H,16,17). The molecule has 1 atom stereocenters. The number of nitro groups is 1. The van der Waals surface area contributed by atoms with Gasteiger partial charge in [0, 0.05) is 13.1 Å². The minimum absolute atomic E-state index is 0.0127. The molecular weight excluding hydrogens is 250 g/mol. The van der Waals surface area contributed by atoms with Gasteiger partial charge in [0.05, 0.1) is 10.8 Å². The molecule has 1 aromatic rings. The van der Waals surface area contributed by atoms with Crippen LogP contribution in [0, 0.1) is 27.4 Å². The third kappa shape index (κ3) is 2.33. The van der Waals surface area contributed by atoms with E-state index in [1.807, 2.05) is 0 Å². The zero-order valence-electron chi connectivity index (χ0n) is 9.94. The van der Waals surface area contributed by atoms with E-state index in [1.165, 1.54) is 6.07 Å². The lowest BCUT2D eigenvalue weighted by Gasteiger charge is -2.18. The molecule has 1 saturated heterocycles. The van der Waals surface area contributed by atoms with Crippen LogP contribution < -0.4 is 4.90 Å². The lowest BCUT2D eigenvalue weighted by atomic mass is 10.1. The van der Waals surface area contributed by atoms with Crippen LogP contribution in [0.2, 0.25) is 0 Å². The van der Waals surface area contributed by atoms with Crippen molar-refractivity contribution in [2.24, 2.45) is 5.92 Å². The van der Waals surface area contributed by atoms with Gasteiger partial charge in [-0.15, -0.1) is 0 Å². The Balaban J connectivity index is 2.39. The molecule has 1 N–H and O–H groups in total. The van der Waals surface area contributed by atoms with Crippen LogP contribution in [0.4, 0.5) is 11.4 Å². The summed E-state index contributed by atoms with van der Waals surface area (Å²) in [4.78, 5) is 23.0. The molecule has 1 aromatic carbocycles. The minimum Gasteiger partial charge on any atom is -0.481 e. The van der Waals surface area contributed by atoms with Crippen LogP contribution in [-0.4, -0.2) is 29.1 Å². The molecule has 2 rings (SSSR count). The summed E-state index contributed by atoms with van der Waals surface area (Å²) >= 11 is 0. The highest BCUT2D eigenvalue weighted by Gasteiger charge is 2.32. The number of nitriles is 1. The predicted octanol–water partition coefficient (Wildman–Crippen LogP) is 1.38. The first kappa shape index (κ1) is 12.8. The van der Waals surface area contributed by atoms with E-state index in [0.29, 0.717) is 18.7 Å². The molecule has 7 nitrogen and oxygen atoms in total. The summed E-state index contributed by atoms with van der Waals surface area (Å²) in [5, 5.41) is 28.9. The summed E-state index contributed by atoms with van der Waals surface area (Å²) in [6.07, 6.45) is 0.448. The fraction of sp³-hybridized carbons (Fsp3) is 0.333. The summed E-state index contributed by atoms with van der Waals surface area (Å²) in [7, 11) is 0. The van der Waals surface area contributed by atoms with Crippen LogP contribution in [0.15, 0.2) is 18.2 Å². The third-order valence-corrected chi connectivity index (χ3v) is 3.20. The Hall–Kier alpha value is -2.62. The second-order valence-corrected chi connectivity index (χ2v) is 4.31. The molecule has 0 aromatic heterocycles. The normalized spacial score (nSPS) is 18.1. The van der Waals surface area contributed by atoms with Gasteiger partial charge in [-0.25, -0.2) is 0 Å². The summed E-state index contributed by atoms with van der Waals surface area (Å²) < 4.78 is 0. The van der Waals surface area contributed by atoms with Crippen molar-refractivity contribution < 1.29 is 14.8 Å². The number of hydrogen-bond acceptors (Lipinski definition) is 5. The molecule has 1 aliphatic heterocycles. The Kier molecular flexibility index (Phi) is 3.33. The zero-order chi connectivity index (χ0) is 14.0. The van der Waals surface area contributed by atoms with Crippen molar-refractivity contribution in [2.75, 3.05) is 18.0 Å². The van der Waals surface area contributed by atoms with Gasteiger partial charge in [0.2, 0.25) is 0 Å². The SMILES string of the molecule is N#Cc1cccc(N2CCC(C(=O)O)C2)c1[N+](=O)[O-]. The van der Waals surface area contributed by atoms with Gasteiger partial charge in [-0.05, 0) is 18.6 Å². The van der Waals surface area contributed by atoms with E-state index >= 15 is 0 Å². The van der Waals surface area contributed by atoms with Gasteiger partial charge in [0.25, 0.3) is 0 Å². The Morgan fingerprint density at radius 3 is 2.84 bits per heavy atom. The summed E-state index contributed by atoms with van der Waals surface area (Å²) in [5.74, 6) is -1.42. The predicted molar refractivity (Wildman–Crippen MR) is 65.8 cm³/mol. The van der Waals surface area contributed by atoms with Crippen molar-refractivity contribution in [2.45, 2.75) is 6.42 Å². The maximum atomic E-state index is 11.1. The molecular formula is C12H11N3O4. The fourth-order valence-corrected chi connectivity index (χ4v) is 2.25. The van der Waals surface area contributed by atoms with E-state index in [4.69, 9.17) is 10.4 Å². The fourth-order valence-electron chi connectivity index (χ4n) is 2.25. The molecule has 0 bridgehead atoms. The monoisotopic (exact) mass is 261 g/mol. The first-order valence-electron chi connectivity index (χ1n) is 5.70. The van der Waals surface area contributed by atoms with Gasteiger partial charge in [-0.3, -0.25) is 14.9 Å². The molecule has 1 unspecified atom stereocenters. The molecule has 0 spiro atoms. The van der Waals surface area contributed by atoms with E-state index < -0.39 is 16.8 Å². The number of hydrogen-bond donors (Lipinski definition) is 1. The van der Waals surface area contributed by atoms with Gasteiger partial charge in [-0.2, -0.15) is 5.26 Å². The average molecular weight is 261 g/mol. The highest BCUT2D eigenvalue weighted by molar-refractivity contribution is 5.75. The van der Waals surface area contributed by atoms with Gasteiger partial charge in [-0.1, -0.05) is 6.07 Å². The van der Waals surface area contributed by atoms with E-state index in [0.717, 1.165) is 0 Å². The van der Waals surface area contributed by atoms with Crippen molar-refractivity contribution >= 4 is 17.3 Å². The number of rotatable bonds is 3. The maximum absolute atomic E-state index is 11.1. The van der Waals surface area contributed by atoms with Gasteiger partial charge < -0.3 is 10.0 Å². The Morgan fingerprint density at radius 2 is 2.32 bits per heavy atom. The lowest BCUT2D eigenvalue weighted by Crippen LogP contribution is -2.23. The molecule has 1 fully saturated rings. The number of carbonyl (C=O) groups is 1. The van der Waals surface area contributed by atoms with E-state index in [1.54, 1.807) is 23.1 Å². The summed E-state index contributed by atoms with van der Waals surface area (Å²) in [6, 6.07) is 6.28. The van der Waals surface area contributed by atoms with Crippen molar-refractivity contribution in [1.29, 1.82) is 5.26 Å². The Bertz CT molecular complexity index is 579. The smallest absolute Gasteiger partial charge is 0.310 e. The lowest BCUT2D eigenvalue weighted by molar-refractivity contribution is -0.384. The Morgan fingerprint density at radius 1 is 1.58 bits per heavy atom. The zero-order valence-corrected chi connectivity index (χ0v) is 9.94. The van der Waals surface area contributed by atoms with Gasteiger partial charge in [0.1, 0.15) is 17.3 Å². The number of nitrogens with zero attached hydrogens (tertiary/aromatic N) is 3. The molecule has 7 heteroatoms. The number of aliphatic carboxylic acids is 1. The van der Waals surface area contributed by atoms with Crippen LogP contribution in [0.5, 0.6) is 0 Å². The molecule has 19 heavy (non-hydrogen) atoms. The molecule has 0 radical (unpaired) electrons. The minimum atomic E-state index is -0.901. The quantitative estimate of drug-likeness (QED) is 0.650. The van der Waals surface area contributed by atoms with Gasteiger partial charge in [0.15, 0.2) is 0 Å². The van der Waals surface area contributed by atoms with Crippen molar-refractivity contribution in [3.8, 4) is 6.07 Å². The first-order valence-corrected chi connectivity index (χ1v) is 5.70. The summed E-state index contributed by atoms with van der Waals surface area (Å²) in [6.45, 7) is 0.664. The number of benzene rings is 1. The van der Waals surface area contributed by atoms with Crippen molar-refractivity contribution in [3.63, 3.8) is 0 Å². The van der Waals surface area contributed by atoms with Gasteiger partial charge >= 0.3 is 11.7 Å². The second kappa shape index (κ2) is 4.94. The Labute approximate surface area is 108 Å². The number of carboxylic acid groups (broad SMARTS) is 1. The van der Waals surface area contributed by atoms with Crippen LogP contribution in [0.1, 0.15) is 12.0 Å². The molecule has 1 heterocycles. The highest BCUT2D eigenvalue weighted by atomic mass is 16.6. The van der Waals surface area contributed by atoms with E-state index in [-0.39, 0.29) is 17.8 Å².